The Morgan fingerprint density at radius 1 is 0.476 bits per heavy atom. The molecule has 0 radical (unpaired) electrons. The van der Waals surface area contributed by atoms with Crippen LogP contribution in [-0.4, -0.2) is 87.1 Å². The highest BCUT2D eigenvalue weighted by molar-refractivity contribution is 8.04. The van der Waals surface area contributed by atoms with Crippen LogP contribution >= 0.6 is 35.3 Å². The van der Waals surface area contributed by atoms with Crippen molar-refractivity contribution in [3.63, 3.8) is 0 Å². The second-order valence-corrected chi connectivity index (χ2v) is 8.24. The first-order valence-electron chi connectivity index (χ1n) is 7.80. The molecule has 1 rings (SSSR count). The quantitative estimate of drug-likeness (QED) is 0.682. The second-order valence-electron chi connectivity index (χ2n) is 4.56. The van der Waals surface area contributed by atoms with E-state index in [1.54, 1.807) is 0 Å². The summed E-state index contributed by atoms with van der Waals surface area (Å²) in [5.74, 6) is 7.50. The molecule has 0 aromatic heterocycles. The van der Waals surface area contributed by atoms with Crippen molar-refractivity contribution in [1.29, 1.82) is 0 Å². The van der Waals surface area contributed by atoms with Crippen LogP contribution in [0.2, 0.25) is 0 Å². The highest BCUT2D eigenvalue weighted by Gasteiger charge is 1.95. The third kappa shape index (κ3) is 15.6. The van der Waals surface area contributed by atoms with Crippen LogP contribution < -0.4 is 10.6 Å². The van der Waals surface area contributed by atoms with Gasteiger partial charge in [-0.1, -0.05) is 0 Å². The average Bonchev–Trinajstić information content (AvgIpc) is 2.50. The minimum absolute atomic E-state index is 0.698. The fourth-order valence-electron chi connectivity index (χ4n) is 1.69. The van der Waals surface area contributed by atoms with Crippen LogP contribution in [0.3, 0.4) is 0 Å². The number of ether oxygens (including phenoxy) is 2. The highest BCUT2D eigenvalue weighted by atomic mass is 32.2. The van der Waals surface area contributed by atoms with Crippen molar-refractivity contribution in [3.05, 3.63) is 0 Å². The van der Waals surface area contributed by atoms with E-state index in [9.17, 15) is 0 Å². The summed E-state index contributed by atoms with van der Waals surface area (Å²) < 4.78 is 11.0. The van der Waals surface area contributed by atoms with Gasteiger partial charge in [-0.2, -0.15) is 35.3 Å². The smallest absolute Gasteiger partial charge is 0.0701 e. The molecule has 0 saturated carbocycles. The summed E-state index contributed by atoms with van der Waals surface area (Å²) >= 11 is 6.17. The van der Waals surface area contributed by atoms with Gasteiger partial charge in [0.1, 0.15) is 0 Å². The Morgan fingerprint density at radius 2 is 0.905 bits per heavy atom. The van der Waals surface area contributed by atoms with Crippen LogP contribution in [-0.2, 0) is 9.47 Å². The Labute approximate surface area is 142 Å². The fourth-order valence-corrected chi connectivity index (χ4v) is 4.77. The molecular formula is C14H30N2O2S3. The summed E-state index contributed by atoms with van der Waals surface area (Å²) in [6, 6.07) is 0. The Hall–Kier alpha value is 0.890. The Kier molecular flexibility index (Phi) is 16.4. The molecule has 1 saturated heterocycles. The molecule has 0 amide bonds. The van der Waals surface area contributed by atoms with E-state index in [0.29, 0.717) is 13.2 Å². The van der Waals surface area contributed by atoms with Gasteiger partial charge in [-0.05, 0) is 0 Å². The molecule has 0 aromatic carbocycles. The summed E-state index contributed by atoms with van der Waals surface area (Å²) in [6.45, 7) is 6.99. The molecule has 0 aliphatic carbocycles. The van der Waals surface area contributed by atoms with Gasteiger partial charge in [0.05, 0.1) is 26.4 Å². The summed E-state index contributed by atoms with van der Waals surface area (Å²) in [4.78, 5) is 0. The summed E-state index contributed by atoms with van der Waals surface area (Å²) in [6.07, 6.45) is 0. The van der Waals surface area contributed by atoms with Gasteiger partial charge < -0.3 is 20.1 Å². The highest BCUT2D eigenvalue weighted by Crippen LogP contribution is 2.09. The van der Waals surface area contributed by atoms with E-state index >= 15 is 0 Å². The number of nitrogens with one attached hydrogen (secondary N) is 2. The van der Waals surface area contributed by atoms with Gasteiger partial charge in [-0.15, -0.1) is 0 Å². The lowest BCUT2D eigenvalue weighted by molar-refractivity contribution is 0.0502. The van der Waals surface area contributed by atoms with Crippen molar-refractivity contribution in [1.82, 2.24) is 10.6 Å². The van der Waals surface area contributed by atoms with Crippen LogP contribution in [0, 0.1) is 0 Å². The van der Waals surface area contributed by atoms with Crippen LogP contribution in [0.15, 0.2) is 0 Å². The molecule has 0 unspecified atom stereocenters. The van der Waals surface area contributed by atoms with Crippen molar-refractivity contribution in [3.8, 4) is 0 Å². The molecule has 0 bridgehead atoms. The molecule has 126 valence electrons. The summed E-state index contributed by atoms with van der Waals surface area (Å²) in [5.41, 5.74) is 0. The predicted octanol–water partition coefficient (Wildman–Crippen LogP) is 1.41. The first-order valence-corrected chi connectivity index (χ1v) is 11.3. The van der Waals surface area contributed by atoms with Gasteiger partial charge in [0.2, 0.25) is 0 Å². The number of rotatable bonds is 0. The monoisotopic (exact) mass is 354 g/mol. The molecule has 1 fully saturated rings. The van der Waals surface area contributed by atoms with E-state index in [-0.39, 0.29) is 0 Å². The van der Waals surface area contributed by atoms with Gasteiger partial charge in [-0.3, -0.25) is 0 Å². The lowest BCUT2D eigenvalue weighted by Crippen LogP contribution is -2.24. The molecule has 0 aromatic rings. The zero-order valence-corrected chi connectivity index (χ0v) is 15.4. The van der Waals surface area contributed by atoms with Crippen molar-refractivity contribution < 1.29 is 9.47 Å². The minimum atomic E-state index is 0.698. The standard InChI is InChI=1S/C14H30N2O2S3/c1-5-17-7-8-18-6-2-16-4-10-20-12-14-21-13-11-19-9-3-15-1/h15-16H,1-14H2. The van der Waals surface area contributed by atoms with E-state index < -0.39 is 0 Å². The van der Waals surface area contributed by atoms with Crippen molar-refractivity contribution >= 4 is 35.3 Å². The summed E-state index contributed by atoms with van der Waals surface area (Å²) in [7, 11) is 0. The van der Waals surface area contributed by atoms with Crippen molar-refractivity contribution in [2.75, 3.05) is 87.1 Å². The molecule has 21 heavy (non-hydrogen) atoms. The molecule has 7 heteroatoms. The molecule has 0 atom stereocenters. The van der Waals surface area contributed by atoms with E-state index in [1.165, 1.54) is 34.5 Å². The molecule has 1 aliphatic heterocycles. The maximum atomic E-state index is 5.51. The molecule has 1 aliphatic rings. The van der Waals surface area contributed by atoms with Crippen LogP contribution in [0.5, 0.6) is 0 Å². The van der Waals surface area contributed by atoms with Crippen LogP contribution in [0.25, 0.3) is 0 Å². The predicted molar refractivity (Wildman–Crippen MR) is 99.4 cm³/mol. The molecule has 1 heterocycles. The van der Waals surface area contributed by atoms with E-state index in [2.05, 4.69) is 22.4 Å². The first-order chi connectivity index (χ1) is 10.5. The number of thioether (sulfide) groups is 3. The Balaban J connectivity index is 2.00. The summed E-state index contributed by atoms with van der Waals surface area (Å²) in [5, 5.41) is 6.82. The molecule has 4 nitrogen and oxygen atoms in total. The van der Waals surface area contributed by atoms with Gasteiger partial charge >= 0.3 is 0 Å². The maximum absolute atomic E-state index is 5.51. The lowest BCUT2D eigenvalue weighted by Gasteiger charge is -2.07. The number of hydrogen-bond acceptors (Lipinski definition) is 7. The van der Waals surface area contributed by atoms with Gasteiger partial charge in [0.25, 0.3) is 0 Å². The fraction of sp³-hybridized carbons (Fsp3) is 1.00. The molecular weight excluding hydrogens is 324 g/mol. The topological polar surface area (TPSA) is 42.5 Å². The van der Waals surface area contributed by atoms with E-state index in [4.69, 9.17) is 9.47 Å². The third-order valence-electron chi connectivity index (χ3n) is 2.81. The minimum Gasteiger partial charge on any atom is -0.378 e. The largest absolute Gasteiger partial charge is 0.378 e. The first kappa shape index (κ1) is 19.9. The van der Waals surface area contributed by atoms with E-state index in [1.807, 2.05) is 23.5 Å². The second kappa shape index (κ2) is 17.2. The van der Waals surface area contributed by atoms with Gasteiger partial charge in [0.15, 0.2) is 0 Å². The SMILES string of the molecule is C1COCCOCCNCCSCCSCCSCCN1. The van der Waals surface area contributed by atoms with Gasteiger partial charge in [0, 0.05) is 60.7 Å². The maximum Gasteiger partial charge on any atom is 0.0701 e. The molecule has 2 N–H and O–H groups in total. The van der Waals surface area contributed by atoms with Crippen LogP contribution in [0.4, 0.5) is 0 Å². The van der Waals surface area contributed by atoms with E-state index in [0.717, 1.165) is 39.4 Å². The van der Waals surface area contributed by atoms with Crippen molar-refractivity contribution in [2.45, 2.75) is 0 Å². The Bertz CT molecular complexity index is 122. The Morgan fingerprint density at radius 3 is 1.38 bits per heavy atom. The third-order valence-corrected chi connectivity index (χ3v) is 6.28. The lowest BCUT2D eigenvalue weighted by atomic mass is 10.6. The normalized spacial score (nSPS) is 24.0. The average molecular weight is 355 g/mol. The zero-order valence-electron chi connectivity index (χ0n) is 12.9. The van der Waals surface area contributed by atoms with Crippen molar-refractivity contribution in [2.24, 2.45) is 0 Å². The zero-order chi connectivity index (χ0) is 14.8. The van der Waals surface area contributed by atoms with Gasteiger partial charge in [-0.25, -0.2) is 0 Å². The number of hydrogen-bond donors (Lipinski definition) is 2. The molecule has 0 spiro atoms. The van der Waals surface area contributed by atoms with Crippen LogP contribution in [0.1, 0.15) is 0 Å².